The number of hydrogen-bond acceptors (Lipinski definition) is 4. The lowest BCUT2D eigenvalue weighted by molar-refractivity contribution is 0.199. The number of benzene rings is 2. The van der Waals surface area contributed by atoms with Crippen molar-refractivity contribution in [1.82, 2.24) is 20.2 Å². The lowest BCUT2D eigenvalue weighted by Crippen LogP contribution is -2.38. The molecule has 4 rings (SSSR count). The van der Waals surface area contributed by atoms with Crippen molar-refractivity contribution in [3.05, 3.63) is 52.3 Å². The fraction of sp³-hybridized carbons (Fsp3) is 0.200. The van der Waals surface area contributed by atoms with E-state index in [1.54, 1.807) is 25.1 Å². The minimum atomic E-state index is -1.13. The highest BCUT2D eigenvalue weighted by Gasteiger charge is 2.23. The van der Waals surface area contributed by atoms with Crippen LogP contribution >= 0.6 is 0 Å². The third kappa shape index (κ3) is 3.15. The molecule has 154 valence electrons. The van der Waals surface area contributed by atoms with Gasteiger partial charge in [-0.1, -0.05) is 13.0 Å². The van der Waals surface area contributed by atoms with Crippen LogP contribution in [0.4, 0.5) is 19.5 Å². The maximum Gasteiger partial charge on any atom is 0.414 e. The van der Waals surface area contributed by atoms with Crippen LogP contribution in [0.2, 0.25) is 0 Å². The van der Waals surface area contributed by atoms with Crippen LogP contribution in [-0.2, 0) is 0 Å². The number of nitrogens with one attached hydrogen (secondary N) is 2. The first-order valence-electron chi connectivity index (χ1n) is 9.20. The van der Waals surface area contributed by atoms with Gasteiger partial charge in [-0.15, -0.1) is 0 Å². The van der Waals surface area contributed by atoms with Crippen molar-refractivity contribution in [2.45, 2.75) is 26.3 Å². The van der Waals surface area contributed by atoms with E-state index in [0.29, 0.717) is 23.0 Å². The van der Waals surface area contributed by atoms with E-state index in [2.05, 4.69) is 20.2 Å². The number of hydrogen-bond donors (Lipinski definition) is 3. The predicted octanol–water partition coefficient (Wildman–Crippen LogP) is 4.03. The Bertz CT molecular complexity index is 1350. The molecule has 2 aromatic heterocycles. The highest BCUT2D eigenvalue weighted by Crippen LogP contribution is 2.29. The molecule has 0 aliphatic carbocycles. The lowest BCUT2D eigenvalue weighted by atomic mass is 10.0. The fourth-order valence-electron chi connectivity index (χ4n) is 3.31. The van der Waals surface area contributed by atoms with Crippen molar-refractivity contribution in [2.24, 2.45) is 0 Å². The second kappa shape index (κ2) is 7.21. The van der Waals surface area contributed by atoms with Crippen molar-refractivity contribution in [3.63, 3.8) is 0 Å². The second-order valence-corrected chi connectivity index (χ2v) is 6.92. The first-order valence-corrected chi connectivity index (χ1v) is 9.20. The number of aromatic nitrogens is 4. The lowest BCUT2D eigenvalue weighted by Gasteiger charge is -2.22. The number of H-pyrrole nitrogens is 2. The normalized spacial score (nSPS) is 12.4. The van der Waals surface area contributed by atoms with Crippen LogP contribution in [-0.4, -0.2) is 37.4 Å². The van der Waals surface area contributed by atoms with Gasteiger partial charge < -0.3 is 10.1 Å². The van der Waals surface area contributed by atoms with Gasteiger partial charge in [0.05, 0.1) is 22.1 Å². The van der Waals surface area contributed by atoms with E-state index in [-0.39, 0.29) is 28.5 Å². The Labute approximate surface area is 168 Å². The van der Waals surface area contributed by atoms with Crippen LogP contribution in [0, 0.1) is 11.6 Å². The summed E-state index contributed by atoms with van der Waals surface area (Å²) in [5.41, 5.74) is 1.17. The average Bonchev–Trinajstić information content (AvgIpc) is 3.12. The van der Waals surface area contributed by atoms with Crippen LogP contribution < -0.4 is 10.5 Å². The maximum absolute atomic E-state index is 13.8. The van der Waals surface area contributed by atoms with Crippen LogP contribution in [0.3, 0.4) is 0 Å². The van der Waals surface area contributed by atoms with E-state index in [1.807, 2.05) is 6.92 Å². The standard InChI is InChI=1S/C20H17F2N5O3/c1-3-9(2)27(20(29)30)19-23-15-5-4-10(6-16(15)24-19)17-11-7-13(21)14(22)8-12(11)18(28)26-25-17/h4-9H,3H2,1-2H3,(H,23,24)(H,26,28)(H,29,30). The zero-order valence-corrected chi connectivity index (χ0v) is 16.0. The number of halogens is 2. The van der Waals surface area contributed by atoms with Gasteiger partial charge in [0.15, 0.2) is 11.6 Å². The summed E-state index contributed by atoms with van der Waals surface area (Å²) in [4.78, 5) is 32.1. The summed E-state index contributed by atoms with van der Waals surface area (Å²) in [6.07, 6.45) is -0.529. The van der Waals surface area contributed by atoms with E-state index in [1.165, 1.54) is 0 Å². The maximum atomic E-state index is 13.8. The van der Waals surface area contributed by atoms with Crippen molar-refractivity contribution in [2.75, 3.05) is 4.90 Å². The summed E-state index contributed by atoms with van der Waals surface area (Å²) in [6.45, 7) is 3.65. The van der Waals surface area contributed by atoms with E-state index < -0.39 is 23.3 Å². The van der Waals surface area contributed by atoms with Crippen molar-refractivity contribution in [1.29, 1.82) is 0 Å². The molecule has 0 aliphatic heterocycles. The van der Waals surface area contributed by atoms with E-state index >= 15 is 0 Å². The van der Waals surface area contributed by atoms with Gasteiger partial charge in [-0.05, 0) is 37.6 Å². The Morgan fingerprint density at radius 1 is 1.20 bits per heavy atom. The number of imidazole rings is 1. The molecule has 2 aromatic carbocycles. The van der Waals surface area contributed by atoms with E-state index in [4.69, 9.17) is 0 Å². The summed E-state index contributed by atoms with van der Waals surface area (Å²) in [7, 11) is 0. The molecule has 0 saturated carbocycles. The average molecular weight is 413 g/mol. The van der Waals surface area contributed by atoms with Crippen LogP contribution in [0.15, 0.2) is 35.1 Å². The molecule has 1 amide bonds. The second-order valence-electron chi connectivity index (χ2n) is 6.92. The van der Waals surface area contributed by atoms with Gasteiger partial charge in [0.2, 0.25) is 5.95 Å². The van der Waals surface area contributed by atoms with Gasteiger partial charge in [-0.25, -0.2) is 28.6 Å². The molecular formula is C20H17F2N5O3. The number of anilines is 1. The molecule has 2 heterocycles. The van der Waals surface area contributed by atoms with Crippen LogP contribution in [0.1, 0.15) is 20.3 Å². The molecule has 1 atom stereocenters. The van der Waals surface area contributed by atoms with Crippen LogP contribution in [0.5, 0.6) is 0 Å². The zero-order valence-electron chi connectivity index (χ0n) is 16.0. The molecule has 10 heteroatoms. The number of rotatable bonds is 4. The molecule has 0 bridgehead atoms. The highest BCUT2D eigenvalue weighted by molar-refractivity contribution is 5.96. The molecule has 8 nitrogen and oxygen atoms in total. The molecule has 0 fully saturated rings. The summed E-state index contributed by atoms with van der Waals surface area (Å²) < 4.78 is 27.4. The minimum Gasteiger partial charge on any atom is -0.465 e. The smallest absolute Gasteiger partial charge is 0.414 e. The number of carboxylic acid groups (broad SMARTS) is 1. The number of aromatic amines is 2. The van der Waals surface area contributed by atoms with Gasteiger partial charge >= 0.3 is 6.09 Å². The predicted molar refractivity (Wildman–Crippen MR) is 108 cm³/mol. The Morgan fingerprint density at radius 3 is 2.57 bits per heavy atom. The van der Waals surface area contributed by atoms with Gasteiger partial charge in [-0.2, -0.15) is 5.10 Å². The molecule has 0 radical (unpaired) electrons. The number of carbonyl (C=O) groups is 1. The fourth-order valence-corrected chi connectivity index (χ4v) is 3.31. The van der Waals surface area contributed by atoms with Gasteiger partial charge in [-0.3, -0.25) is 4.79 Å². The quantitative estimate of drug-likeness (QED) is 0.467. The molecule has 30 heavy (non-hydrogen) atoms. The number of nitrogens with zero attached hydrogens (tertiary/aromatic N) is 3. The van der Waals surface area contributed by atoms with Gasteiger partial charge in [0.25, 0.3) is 5.56 Å². The molecule has 0 saturated heterocycles. The molecule has 0 aliphatic rings. The van der Waals surface area contributed by atoms with Gasteiger partial charge in [0.1, 0.15) is 0 Å². The first-order chi connectivity index (χ1) is 14.3. The summed E-state index contributed by atoms with van der Waals surface area (Å²) in [6, 6.07) is 6.44. The monoisotopic (exact) mass is 413 g/mol. The third-order valence-electron chi connectivity index (χ3n) is 5.04. The molecule has 1 unspecified atom stereocenters. The minimum absolute atomic E-state index is 0.0295. The molecule has 3 N–H and O–H groups in total. The first kappa shape index (κ1) is 19.5. The van der Waals surface area contributed by atoms with E-state index in [0.717, 1.165) is 17.0 Å². The van der Waals surface area contributed by atoms with Crippen LogP contribution in [0.25, 0.3) is 33.1 Å². The summed E-state index contributed by atoms with van der Waals surface area (Å²) >= 11 is 0. The largest absolute Gasteiger partial charge is 0.465 e. The van der Waals surface area contributed by atoms with Crippen molar-refractivity contribution < 1.29 is 18.7 Å². The Morgan fingerprint density at radius 2 is 1.90 bits per heavy atom. The van der Waals surface area contributed by atoms with Crippen molar-refractivity contribution >= 4 is 33.8 Å². The Balaban J connectivity index is 1.87. The SMILES string of the molecule is CCC(C)N(C(=O)O)c1nc2ccc(-c3n[nH]c(=O)c4cc(F)c(F)cc34)cc2[nH]1. The highest BCUT2D eigenvalue weighted by atomic mass is 19.2. The molecular weight excluding hydrogens is 396 g/mol. The summed E-state index contributed by atoms with van der Waals surface area (Å²) in [5, 5.41) is 16.0. The zero-order chi connectivity index (χ0) is 21.6. The van der Waals surface area contributed by atoms with E-state index in [9.17, 15) is 23.5 Å². The Kier molecular flexibility index (Phi) is 4.69. The molecule has 0 spiro atoms. The Hall–Kier alpha value is -3.82. The molecule has 4 aromatic rings. The topological polar surface area (TPSA) is 115 Å². The van der Waals surface area contributed by atoms with Crippen molar-refractivity contribution in [3.8, 4) is 11.3 Å². The number of amides is 1. The third-order valence-corrected chi connectivity index (χ3v) is 5.04. The van der Waals surface area contributed by atoms with Gasteiger partial charge in [0, 0.05) is 17.0 Å². The number of fused-ring (bicyclic) bond motifs is 2. The summed E-state index contributed by atoms with van der Waals surface area (Å²) in [5.74, 6) is -2.04.